The molecular weight excluding hydrogens is 423 g/mol. The molecule has 6 heteroatoms. The van der Waals surface area contributed by atoms with E-state index in [-0.39, 0.29) is 12.4 Å². The van der Waals surface area contributed by atoms with Crippen LogP contribution in [0, 0.1) is 12.7 Å². The van der Waals surface area contributed by atoms with Crippen molar-refractivity contribution in [1.29, 1.82) is 0 Å². The van der Waals surface area contributed by atoms with Gasteiger partial charge in [0.2, 0.25) is 0 Å². The maximum Gasteiger partial charge on any atom is 0.128 e. The number of nitrogens with zero attached hydrogens (tertiary/aromatic N) is 1. The molecule has 1 fully saturated rings. The van der Waals surface area contributed by atoms with Gasteiger partial charge in [0.15, 0.2) is 0 Å². The molecule has 168 valence electrons. The molecule has 32 heavy (non-hydrogen) atoms. The lowest BCUT2D eigenvalue weighted by Crippen LogP contribution is -2.45. The fourth-order valence-corrected chi connectivity index (χ4v) is 6.12. The van der Waals surface area contributed by atoms with E-state index in [4.69, 9.17) is 4.74 Å². The molecule has 3 heterocycles. The summed E-state index contributed by atoms with van der Waals surface area (Å²) in [4.78, 5) is 7.02. The van der Waals surface area contributed by atoms with Gasteiger partial charge in [-0.1, -0.05) is 12.1 Å². The van der Waals surface area contributed by atoms with E-state index in [9.17, 15) is 9.50 Å². The average molecular weight is 453 g/mol. The van der Waals surface area contributed by atoms with Crippen LogP contribution in [0.3, 0.4) is 0 Å². The minimum atomic E-state index is -0.545. The van der Waals surface area contributed by atoms with Crippen molar-refractivity contribution in [3.8, 4) is 5.75 Å². The molecule has 4 aromatic rings. The Hall–Kier alpha value is -2.41. The van der Waals surface area contributed by atoms with Gasteiger partial charge < -0.3 is 14.8 Å². The molecule has 0 radical (unpaired) electrons. The van der Waals surface area contributed by atoms with E-state index in [0.717, 1.165) is 51.8 Å². The number of aliphatic hydroxyl groups is 1. The number of piperidine rings is 1. The highest BCUT2D eigenvalue weighted by molar-refractivity contribution is 7.19. The van der Waals surface area contributed by atoms with Crippen LogP contribution in [0.5, 0.6) is 5.75 Å². The largest absolute Gasteiger partial charge is 0.490 e. The molecule has 3 atom stereocenters. The molecule has 0 spiro atoms. The number of rotatable bonds is 6. The van der Waals surface area contributed by atoms with Crippen molar-refractivity contribution in [1.82, 2.24) is 9.88 Å². The Bertz CT molecular complexity index is 1230. The first-order chi connectivity index (χ1) is 15.5. The fourth-order valence-electron chi connectivity index (χ4n) is 4.88. The first-order valence-electron chi connectivity index (χ1n) is 11.3. The monoisotopic (exact) mass is 452 g/mol. The van der Waals surface area contributed by atoms with E-state index in [2.05, 4.69) is 28.9 Å². The Labute approximate surface area is 191 Å². The predicted molar refractivity (Wildman–Crippen MR) is 129 cm³/mol. The van der Waals surface area contributed by atoms with Crippen LogP contribution >= 0.6 is 11.3 Å². The number of benzene rings is 2. The lowest BCUT2D eigenvalue weighted by Gasteiger charge is -2.38. The van der Waals surface area contributed by atoms with E-state index in [1.54, 1.807) is 17.4 Å². The number of hydrogen-bond acceptors (Lipinski definition) is 4. The van der Waals surface area contributed by atoms with Gasteiger partial charge in [-0.2, -0.15) is 0 Å². The van der Waals surface area contributed by atoms with Crippen LogP contribution in [-0.4, -0.2) is 46.8 Å². The summed E-state index contributed by atoms with van der Waals surface area (Å²) in [5.41, 5.74) is 2.14. The van der Waals surface area contributed by atoms with Crippen LogP contribution in [0.4, 0.5) is 4.39 Å². The third-order valence-electron chi connectivity index (χ3n) is 6.55. The zero-order valence-corrected chi connectivity index (χ0v) is 19.3. The number of aliphatic hydroxyl groups excluding tert-OH is 1. The quantitative estimate of drug-likeness (QED) is 0.386. The third-order valence-corrected chi connectivity index (χ3v) is 7.81. The Morgan fingerprint density at radius 2 is 2.12 bits per heavy atom. The predicted octanol–water partition coefficient (Wildman–Crippen LogP) is 5.84. The molecule has 4 nitrogen and oxygen atoms in total. The first kappa shape index (κ1) is 21.4. The Balaban J connectivity index is 1.17. The summed E-state index contributed by atoms with van der Waals surface area (Å²) in [5.74, 6) is 1.12. The van der Waals surface area contributed by atoms with Crippen molar-refractivity contribution >= 4 is 32.3 Å². The van der Waals surface area contributed by atoms with Crippen LogP contribution in [0.1, 0.15) is 36.3 Å². The molecule has 2 N–H and O–H groups in total. The van der Waals surface area contributed by atoms with Gasteiger partial charge in [-0.15, -0.1) is 11.3 Å². The molecule has 1 saturated heterocycles. The highest BCUT2D eigenvalue weighted by Gasteiger charge is 2.29. The number of aryl methyl sites for hydroxylation is 1. The lowest BCUT2D eigenvalue weighted by atomic mass is 9.90. The topological polar surface area (TPSA) is 48.5 Å². The van der Waals surface area contributed by atoms with Gasteiger partial charge in [-0.25, -0.2) is 4.39 Å². The van der Waals surface area contributed by atoms with Gasteiger partial charge in [-0.05, 0) is 80.9 Å². The van der Waals surface area contributed by atoms with Gasteiger partial charge in [0.25, 0.3) is 0 Å². The van der Waals surface area contributed by atoms with Crippen LogP contribution in [0.15, 0.2) is 48.5 Å². The maximum atomic E-state index is 13.5. The smallest absolute Gasteiger partial charge is 0.128 e. The number of H-pyrrole nitrogens is 1. The summed E-state index contributed by atoms with van der Waals surface area (Å²) in [6.07, 6.45) is 1.55. The molecule has 2 aromatic carbocycles. The lowest BCUT2D eigenvalue weighted by molar-refractivity contribution is 0.0408. The molecule has 1 aliphatic rings. The van der Waals surface area contributed by atoms with E-state index >= 15 is 0 Å². The Morgan fingerprint density at radius 1 is 1.25 bits per heavy atom. The second-order valence-corrected chi connectivity index (χ2v) is 10.1. The van der Waals surface area contributed by atoms with Gasteiger partial charge >= 0.3 is 0 Å². The van der Waals surface area contributed by atoms with Crippen molar-refractivity contribution < 1.29 is 14.2 Å². The highest BCUT2D eigenvalue weighted by atomic mass is 32.1. The van der Waals surface area contributed by atoms with Crippen LogP contribution < -0.4 is 4.74 Å². The number of halogens is 1. The molecule has 0 bridgehead atoms. The number of likely N-dealkylation sites (tertiary alicyclic amines) is 1. The van der Waals surface area contributed by atoms with E-state index in [1.165, 1.54) is 10.9 Å². The summed E-state index contributed by atoms with van der Waals surface area (Å²) in [7, 11) is 0. The fraction of sp³-hybridized carbons (Fsp3) is 0.385. The zero-order valence-electron chi connectivity index (χ0n) is 18.5. The van der Waals surface area contributed by atoms with Gasteiger partial charge in [-0.3, -0.25) is 4.90 Å². The number of aromatic amines is 1. The van der Waals surface area contributed by atoms with Crippen LogP contribution in [-0.2, 0) is 0 Å². The summed E-state index contributed by atoms with van der Waals surface area (Å²) >= 11 is 1.71. The van der Waals surface area contributed by atoms with Gasteiger partial charge in [0.05, 0.1) is 0 Å². The number of aromatic nitrogens is 1. The normalized spacial score (nSPS) is 20.8. The number of β-amino-alcohol motifs (C(OH)–C–C–N with tert-alkyl or cyclic N) is 1. The SMILES string of the molecule is Cc1cc2c(OC[C@@H](O)CN3CC[C@@H](c4cc5ccc(F)cc5s4)C[C@H]3C)cccc2[nH]1. The van der Waals surface area contributed by atoms with E-state index in [0.29, 0.717) is 18.5 Å². The number of thiophene rings is 1. The standard InChI is InChI=1S/C26H29FN2O2S/c1-16-10-22-23(28-16)4-3-5-24(22)31-15-21(30)14-29-9-8-19(11-17(29)2)25-12-18-6-7-20(27)13-26(18)32-25/h3-7,10,12-13,17,19,21,28,30H,8-9,11,14-15H2,1-2H3/t17-,19-,21+/m1/s1. The minimum absolute atomic E-state index is 0.173. The molecule has 5 rings (SSSR count). The van der Waals surface area contributed by atoms with Crippen molar-refractivity contribution in [3.63, 3.8) is 0 Å². The van der Waals surface area contributed by atoms with Crippen molar-refractivity contribution in [2.45, 2.75) is 44.8 Å². The van der Waals surface area contributed by atoms with Crippen LogP contribution in [0.25, 0.3) is 21.0 Å². The highest BCUT2D eigenvalue weighted by Crippen LogP contribution is 2.38. The number of hydrogen-bond donors (Lipinski definition) is 2. The average Bonchev–Trinajstić information content (AvgIpc) is 3.36. The molecule has 2 aromatic heterocycles. The number of nitrogens with one attached hydrogen (secondary N) is 1. The Kier molecular flexibility index (Phi) is 5.93. The summed E-state index contributed by atoms with van der Waals surface area (Å²) in [5, 5.41) is 12.8. The molecule has 0 unspecified atom stereocenters. The van der Waals surface area contributed by atoms with Gasteiger partial charge in [0.1, 0.15) is 24.3 Å². The van der Waals surface area contributed by atoms with Crippen molar-refractivity contribution in [2.75, 3.05) is 19.7 Å². The van der Waals surface area contributed by atoms with Crippen LogP contribution in [0.2, 0.25) is 0 Å². The minimum Gasteiger partial charge on any atom is -0.490 e. The molecule has 0 saturated carbocycles. The second-order valence-electron chi connectivity index (χ2n) is 9.03. The molecule has 0 amide bonds. The first-order valence-corrected chi connectivity index (χ1v) is 12.1. The summed E-state index contributed by atoms with van der Waals surface area (Å²) in [6, 6.07) is 15.7. The number of fused-ring (bicyclic) bond motifs is 2. The molecular formula is C26H29FN2O2S. The third kappa shape index (κ3) is 4.40. The number of ether oxygens (including phenoxy) is 1. The van der Waals surface area contributed by atoms with E-state index < -0.39 is 6.10 Å². The molecule has 0 aliphatic carbocycles. The summed E-state index contributed by atoms with van der Waals surface area (Å²) in [6.45, 7) is 6.08. The second kappa shape index (κ2) is 8.85. The molecule has 1 aliphatic heterocycles. The van der Waals surface area contributed by atoms with Crippen molar-refractivity contribution in [3.05, 3.63) is 64.9 Å². The van der Waals surface area contributed by atoms with Gasteiger partial charge in [0, 0.05) is 38.8 Å². The van der Waals surface area contributed by atoms with Crippen molar-refractivity contribution in [2.24, 2.45) is 0 Å². The van der Waals surface area contributed by atoms with E-state index in [1.807, 2.05) is 31.2 Å². The Morgan fingerprint density at radius 3 is 2.97 bits per heavy atom. The zero-order chi connectivity index (χ0) is 22.2. The maximum absolute atomic E-state index is 13.5. The summed E-state index contributed by atoms with van der Waals surface area (Å²) < 4.78 is 20.5.